The average molecular weight is 181 g/mol. The maximum Gasteiger partial charge on any atom is 0.0540 e. The maximum atomic E-state index is 9.19. The molecule has 2 heteroatoms. The molecule has 0 saturated heterocycles. The number of aliphatic hydroxyl groups excluding tert-OH is 1. The molecule has 2 nitrogen and oxygen atoms in total. The van der Waals surface area contributed by atoms with Gasteiger partial charge in [0, 0.05) is 6.21 Å². The van der Waals surface area contributed by atoms with Gasteiger partial charge in [-0.3, -0.25) is 0 Å². The van der Waals surface area contributed by atoms with Gasteiger partial charge in [-0.15, -0.1) is 0 Å². The smallest absolute Gasteiger partial charge is 0.0540 e. The van der Waals surface area contributed by atoms with E-state index in [4.69, 9.17) is 5.41 Å². The van der Waals surface area contributed by atoms with Gasteiger partial charge in [0.1, 0.15) is 0 Å². The van der Waals surface area contributed by atoms with Crippen LogP contribution in [0.15, 0.2) is 23.8 Å². The van der Waals surface area contributed by atoms with E-state index in [9.17, 15) is 5.11 Å². The lowest BCUT2D eigenvalue weighted by Crippen LogP contribution is -2.11. The van der Waals surface area contributed by atoms with Gasteiger partial charge >= 0.3 is 0 Å². The highest BCUT2D eigenvalue weighted by Gasteiger charge is 2.04. The summed E-state index contributed by atoms with van der Waals surface area (Å²) < 4.78 is 0. The van der Waals surface area contributed by atoms with Crippen molar-refractivity contribution in [2.45, 2.75) is 33.3 Å². The van der Waals surface area contributed by atoms with E-state index in [1.54, 1.807) is 6.92 Å². The Hall–Kier alpha value is -0.890. The molecule has 0 bridgehead atoms. The van der Waals surface area contributed by atoms with Gasteiger partial charge < -0.3 is 10.5 Å². The van der Waals surface area contributed by atoms with E-state index in [0.717, 1.165) is 12.0 Å². The summed E-state index contributed by atoms with van der Waals surface area (Å²) >= 11 is 0. The molecule has 0 saturated carbocycles. The van der Waals surface area contributed by atoms with Gasteiger partial charge in [-0.2, -0.15) is 0 Å². The lowest BCUT2D eigenvalue weighted by Gasteiger charge is -2.10. The summed E-state index contributed by atoms with van der Waals surface area (Å²) in [6, 6.07) is 0. The molecule has 0 radical (unpaired) electrons. The second-order valence-corrected chi connectivity index (χ2v) is 3.44. The van der Waals surface area contributed by atoms with Crippen molar-refractivity contribution in [1.82, 2.24) is 0 Å². The molecule has 2 N–H and O–H groups in total. The fourth-order valence-corrected chi connectivity index (χ4v) is 0.758. The predicted molar refractivity (Wildman–Crippen MR) is 57.1 cm³/mol. The second kappa shape index (κ2) is 6.61. The van der Waals surface area contributed by atoms with Crippen LogP contribution in [0.5, 0.6) is 0 Å². The van der Waals surface area contributed by atoms with Crippen LogP contribution >= 0.6 is 0 Å². The molecule has 0 aromatic carbocycles. The van der Waals surface area contributed by atoms with Crippen molar-refractivity contribution in [3.05, 3.63) is 23.8 Å². The zero-order chi connectivity index (χ0) is 10.3. The third-order valence-corrected chi connectivity index (χ3v) is 2.05. The topological polar surface area (TPSA) is 44.1 Å². The summed E-state index contributed by atoms with van der Waals surface area (Å²) in [5, 5.41) is 16.1. The van der Waals surface area contributed by atoms with Gasteiger partial charge in [0.15, 0.2) is 0 Å². The van der Waals surface area contributed by atoms with Crippen LogP contribution in [-0.4, -0.2) is 17.4 Å². The quantitative estimate of drug-likeness (QED) is 0.497. The van der Waals surface area contributed by atoms with Gasteiger partial charge in [-0.1, -0.05) is 25.2 Å². The zero-order valence-corrected chi connectivity index (χ0v) is 8.62. The summed E-state index contributed by atoms with van der Waals surface area (Å²) in [5.41, 5.74) is 0.931. The van der Waals surface area contributed by atoms with E-state index >= 15 is 0 Å². The first kappa shape index (κ1) is 12.1. The van der Waals surface area contributed by atoms with Crippen LogP contribution in [0.3, 0.4) is 0 Å². The Balaban J connectivity index is 3.82. The van der Waals surface area contributed by atoms with Gasteiger partial charge in [0.2, 0.25) is 0 Å². The summed E-state index contributed by atoms with van der Waals surface area (Å²) in [6.07, 6.45) is 7.78. The Kier molecular flexibility index (Phi) is 6.15. The number of rotatable bonds is 5. The molecule has 0 rings (SSSR count). The Bertz CT molecular complexity index is 204. The fourth-order valence-electron chi connectivity index (χ4n) is 0.758. The molecule has 0 amide bonds. The molecule has 0 aliphatic heterocycles. The molecule has 0 heterocycles. The standard InChI is InChI=1S/C11H19NO/c1-9(8-12)6-4-5-7-10(2)11(3)13/h4-6,8,10-13H,7H2,1-3H3/b5-4-,9-6+,12-8?. The Morgan fingerprint density at radius 3 is 2.54 bits per heavy atom. The van der Waals surface area contributed by atoms with Crippen LogP contribution in [-0.2, 0) is 0 Å². The molecule has 0 aromatic heterocycles. The maximum absolute atomic E-state index is 9.19. The molecule has 2 unspecified atom stereocenters. The van der Waals surface area contributed by atoms with Crippen LogP contribution in [0.2, 0.25) is 0 Å². The first-order valence-corrected chi connectivity index (χ1v) is 4.60. The number of hydrogen-bond donors (Lipinski definition) is 2. The third kappa shape index (κ3) is 6.29. The Labute approximate surface area is 80.5 Å². The van der Waals surface area contributed by atoms with E-state index in [-0.39, 0.29) is 6.10 Å². The number of allylic oxidation sites excluding steroid dienone is 4. The van der Waals surface area contributed by atoms with Crippen molar-refractivity contribution in [3.8, 4) is 0 Å². The normalized spacial score (nSPS) is 17.4. The second-order valence-electron chi connectivity index (χ2n) is 3.44. The lowest BCUT2D eigenvalue weighted by molar-refractivity contribution is 0.136. The molecule has 74 valence electrons. The van der Waals surface area contributed by atoms with Gasteiger partial charge in [-0.25, -0.2) is 0 Å². The minimum Gasteiger partial charge on any atom is -0.393 e. The molecule has 0 aromatic rings. The van der Waals surface area contributed by atoms with E-state index in [2.05, 4.69) is 0 Å². The number of hydrogen-bond acceptors (Lipinski definition) is 2. The lowest BCUT2D eigenvalue weighted by atomic mass is 10.0. The summed E-state index contributed by atoms with van der Waals surface area (Å²) in [6.45, 7) is 5.70. The van der Waals surface area contributed by atoms with Crippen molar-refractivity contribution < 1.29 is 5.11 Å². The van der Waals surface area contributed by atoms with Crippen molar-refractivity contribution in [2.24, 2.45) is 5.92 Å². The zero-order valence-electron chi connectivity index (χ0n) is 8.62. The molecular weight excluding hydrogens is 162 g/mol. The summed E-state index contributed by atoms with van der Waals surface area (Å²) in [5.74, 6) is 0.296. The Morgan fingerprint density at radius 1 is 1.46 bits per heavy atom. The predicted octanol–water partition coefficient (Wildman–Crippen LogP) is 2.55. The van der Waals surface area contributed by atoms with E-state index in [0.29, 0.717) is 5.92 Å². The average Bonchev–Trinajstić information content (AvgIpc) is 2.11. The van der Waals surface area contributed by atoms with Crippen LogP contribution in [0, 0.1) is 11.3 Å². The highest BCUT2D eigenvalue weighted by atomic mass is 16.3. The fraction of sp³-hybridized carbons (Fsp3) is 0.545. The number of nitrogens with one attached hydrogen (secondary N) is 1. The minimum absolute atomic E-state index is 0.252. The first-order chi connectivity index (χ1) is 6.07. The summed E-state index contributed by atoms with van der Waals surface area (Å²) in [7, 11) is 0. The van der Waals surface area contributed by atoms with Gasteiger partial charge in [0.05, 0.1) is 6.10 Å². The highest BCUT2D eigenvalue weighted by molar-refractivity contribution is 5.75. The van der Waals surface area contributed by atoms with E-state index in [1.807, 2.05) is 32.1 Å². The number of aliphatic hydroxyl groups is 1. The highest BCUT2D eigenvalue weighted by Crippen LogP contribution is 2.07. The van der Waals surface area contributed by atoms with Gasteiger partial charge in [0.25, 0.3) is 0 Å². The first-order valence-electron chi connectivity index (χ1n) is 4.60. The molecule has 2 atom stereocenters. The SMILES string of the molecule is C/C(C=N)=C\C=C/CC(C)C(C)O. The van der Waals surface area contributed by atoms with Crippen molar-refractivity contribution in [3.63, 3.8) is 0 Å². The largest absolute Gasteiger partial charge is 0.393 e. The van der Waals surface area contributed by atoms with Crippen LogP contribution < -0.4 is 0 Å². The van der Waals surface area contributed by atoms with Crippen molar-refractivity contribution >= 4 is 6.21 Å². The van der Waals surface area contributed by atoms with E-state index in [1.165, 1.54) is 6.21 Å². The van der Waals surface area contributed by atoms with Crippen LogP contribution in [0.25, 0.3) is 0 Å². The van der Waals surface area contributed by atoms with Crippen LogP contribution in [0.1, 0.15) is 27.2 Å². The molecule has 13 heavy (non-hydrogen) atoms. The molecule has 0 aliphatic rings. The van der Waals surface area contributed by atoms with Gasteiger partial charge in [-0.05, 0) is 31.8 Å². The van der Waals surface area contributed by atoms with Crippen molar-refractivity contribution in [1.29, 1.82) is 5.41 Å². The Morgan fingerprint density at radius 2 is 2.08 bits per heavy atom. The molecule has 0 spiro atoms. The molecule has 0 aliphatic carbocycles. The third-order valence-electron chi connectivity index (χ3n) is 2.05. The monoisotopic (exact) mass is 181 g/mol. The molecular formula is C11H19NO. The molecule has 0 fully saturated rings. The van der Waals surface area contributed by atoms with Crippen LogP contribution in [0.4, 0.5) is 0 Å². The minimum atomic E-state index is -0.252. The summed E-state index contributed by atoms with van der Waals surface area (Å²) in [4.78, 5) is 0. The van der Waals surface area contributed by atoms with E-state index < -0.39 is 0 Å². The van der Waals surface area contributed by atoms with Crippen molar-refractivity contribution in [2.75, 3.05) is 0 Å².